The SMILES string of the molecule is CNCCCn1c(=S)[nH]c2ccccc2c1=O. The van der Waals surface area contributed by atoms with Crippen molar-refractivity contribution in [2.75, 3.05) is 13.6 Å². The van der Waals surface area contributed by atoms with Gasteiger partial charge in [0.15, 0.2) is 4.77 Å². The maximum absolute atomic E-state index is 12.2. The summed E-state index contributed by atoms with van der Waals surface area (Å²) in [7, 11) is 1.89. The minimum absolute atomic E-state index is 0.0135. The molecule has 1 heterocycles. The van der Waals surface area contributed by atoms with E-state index in [4.69, 9.17) is 12.2 Å². The van der Waals surface area contributed by atoms with Crippen molar-refractivity contribution in [3.8, 4) is 0 Å². The lowest BCUT2D eigenvalue weighted by molar-refractivity contribution is 0.588. The molecule has 0 saturated heterocycles. The Balaban J connectivity index is 2.49. The van der Waals surface area contributed by atoms with Crippen LogP contribution in [-0.4, -0.2) is 23.1 Å². The van der Waals surface area contributed by atoms with Crippen LogP contribution in [0.5, 0.6) is 0 Å². The first kappa shape index (κ1) is 12.0. The lowest BCUT2D eigenvalue weighted by Crippen LogP contribution is -2.24. The molecule has 0 fully saturated rings. The van der Waals surface area contributed by atoms with E-state index in [9.17, 15) is 4.79 Å². The molecule has 5 heteroatoms. The fraction of sp³-hybridized carbons (Fsp3) is 0.333. The summed E-state index contributed by atoms with van der Waals surface area (Å²) >= 11 is 5.20. The lowest BCUT2D eigenvalue weighted by Gasteiger charge is -2.07. The van der Waals surface area contributed by atoms with Crippen molar-refractivity contribution in [2.24, 2.45) is 0 Å². The predicted molar refractivity (Wildman–Crippen MR) is 71.9 cm³/mol. The van der Waals surface area contributed by atoms with E-state index in [-0.39, 0.29) is 5.56 Å². The zero-order valence-corrected chi connectivity index (χ0v) is 10.5. The molecule has 0 aliphatic heterocycles. The molecule has 0 amide bonds. The molecule has 4 nitrogen and oxygen atoms in total. The largest absolute Gasteiger partial charge is 0.332 e. The molecule has 0 radical (unpaired) electrons. The highest BCUT2D eigenvalue weighted by atomic mass is 32.1. The number of rotatable bonds is 4. The van der Waals surface area contributed by atoms with Crippen LogP contribution in [0.15, 0.2) is 29.1 Å². The van der Waals surface area contributed by atoms with E-state index in [1.54, 1.807) is 4.57 Å². The summed E-state index contributed by atoms with van der Waals surface area (Å²) in [5, 5.41) is 3.74. The number of hydrogen-bond donors (Lipinski definition) is 2. The quantitative estimate of drug-likeness (QED) is 0.640. The van der Waals surface area contributed by atoms with Crippen molar-refractivity contribution in [1.82, 2.24) is 14.9 Å². The molecule has 0 aliphatic rings. The highest BCUT2D eigenvalue weighted by Crippen LogP contribution is 2.05. The van der Waals surface area contributed by atoms with Crippen LogP contribution in [0.4, 0.5) is 0 Å². The number of fused-ring (bicyclic) bond motifs is 1. The minimum atomic E-state index is -0.0135. The van der Waals surface area contributed by atoms with Gasteiger partial charge in [0.25, 0.3) is 5.56 Å². The molecule has 0 bridgehead atoms. The number of benzene rings is 1. The van der Waals surface area contributed by atoms with Crippen molar-refractivity contribution in [3.63, 3.8) is 0 Å². The Hall–Kier alpha value is -1.46. The Kier molecular flexibility index (Phi) is 3.71. The molecule has 90 valence electrons. The zero-order valence-electron chi connectivity index (χ0n) is 9.69. The van der Waals surface area contributed by atoms with E-state index in [1.165, 1.54) is 0 Å². The zero-order chi connectivity index (χ0) is 12.3. The third-order valence-corrected chi connectivity index (χ3v) is 3.02. The third kappa shape index (κ3) is 2.45. The number of para-hydroxylation sites is 1. The molecule has 1 aromatic heterocycles. The number of H-pyrrole nitrogens is 1. The van der Waals surface area contributed by atoms with Crippen molar-refractivity contribution < 1.29 is 0 Å². The first-order valence-corrected chi connectivity index (χ1v) is 6.01. The highest BCUT2D eigenvalue weighted by molar-refractivity contribution is 7.71. The summed E-state index contributed by atoms with van der Waals surface area (Å²) in [6, 6.07) is 7.43. The molecule has 2 rings (SSSR count). The van der Waals surface area contributed by atoms with Gasteiger partial charge in [0.1, 0.15) is 0 Å². The van der Waals surface area contributed by atoms with Crippen molar-refractivity contribution in [3.05, 3.63) is 39.4 Å². The maximum atomic E-state index is 12.2. The second-order valence-corrected chi connectivity index (χ2v) is 4.28. The molecule has 0 aliphatic carbocycles. The maximum Gasteiger partial charge on any atom is 0.262 e. The van der Waals surface area contributed by atoms with Crippen LogP contribution in [-0.2, 0) is 6.54 Å². The molecule has 2 N–H and O–H groups in total. The van der Waals surface area contributed by atoms with Crippen molar-refractivity contribution >= 4 is 23.1 Å². The molecular formula is C12H15N3OS. The van der Waals surface area contributed by atoms with Gasteiger partial charge in [-0.2, -0.15) is 0 Å². The van der Waals surface area contributed by atoms with Gasteiger partial charge in [0.05, 0.1) is 10.9 Å². The molecule has 0 atom stereocenters. The predicted octanol–water partition coefficient (Wildman–Crippen LogP) is 1.67. The Labute approximate surface area is 104 Å². The summed E-state index contributed by atoms with van der Waals surface area (Å²) in [4.78, 5) is 15.3. The topological polar surface area (TPSA) is 49.8 Å². The lowest BCUT2D eigenvalue weighted by atomic mass is 10.2. The van der Waals surface area contributed by atoms with Gasteiger partial charge in [-0.05, 0) is 44.4 Å². The first-order chi connectivity index (χ1) is 8.24. The van der Waals surface area contributed by atoms with E-state index in [0.717, 1.165) is 18.5 Å². The number of hydrogen-bond acceptors (Lipinski definition) is 3. The number of aromatic amines is 1. The second kappa shape index (κ2) is 5.25. The van der Waals surface area contributed by atoms with Crippen LogP contribution in [0, 0.1) is 4.77 Å². The summed E-state index contributed by atoms with van der Waals surface area (Å²) in [5.74, 6) is 0. The summed E-state index contributed by atoms with van der Waals surface area (Å²) in [6.45, 7) is 1.51. The summed E-state index contributed by atoms with van der Waals surface area (Å²) < 4.78 is 2.11. The molecule has 0 spiro atoms. The Morgan fingerprint density at radius 1 is 1.41 bits per heavy atom. The monoisotopic (exact) mass is 249 g/mol. The van der Waals surface area contributed by atoms with Gasteiger partial charge in [-0.25, -0.2) is 0 Å². The average Bonchev–Trinajstić information content (AvgIpc) is 2.33. The third-order valence-electron chi connectivity index (χ3n) is 2.70. The van der Waals surface area contributed by atoms with E-state index >= 15 is 0 Å². The Morgan fingerprint density at radius 2 is 2.18 bits per heavy atom. The minimum Gasteiger partial charge on any atom is -0.332 e. The Bertz CT molecular complexity index is 629. The van der Waals surface area contributed by atoms with E-state index in [2.05, 4.69) is 10.3 Å². The fourth-order valence-corrected chi connectivity index (χ4v) is 2.10. The second-order valence-electron chi connectivity index (χ2n) is 3.89. The smallest absolute Gasteiger partial charge is 0.262 e. The van der Waals surface area contributed by atoms with E-state index in [1.807, 2.05) is 31.3 Å². The average molecular weight is 249 g/mol. The van der Waals surface area contributed by atoms with Crippen LogP contribution >= 0.6 is 12.2 Å². The standard InChI is InChI=1S/C12H15N3OS/c1-13-7-4-8-15-11(16)9-5-2-3-6-10(9)14-12(15)17/h2-3,5-6,13H,4,7-8H2,1H3,(H,14,17). The van der Waals surface area contributed by atoms with Gasteiger partial charge >= 0.3 is 0 Å². The van der Waals surface area contributed by atoms with Crippen LogP contribution in [0.2, 0.25) is 0 Å². The molecule has 0 saturated carbocycles. The van der Waals surface area contributed by atoms with Crippen molar-refractivity contribution in [1.29, 1.82) is 0 Å². The first-order valence-electron chi connectivity index (χ1n) is 5.60. The van der Waals surface area contributed by atoms with Gasteiger partial charge in [-0.1, -0.05) is 12.1 Å². The van der Waals surface area contributed by atoms with Crippen LogP contribution < -0.4 is 10.9 Å². The van der Waals surface area contributed by atoms with Gasteiger partial charge in [0, 0.05) is 6.54 Å². The molecule has 17 heavy (non-hydrogen) atoms. The van der Waals surface area contributed by atoms with Crippen molar-refractivity contribution in [2.45, 2.75) is 13.0 Å². The normalized spacial score (nSPS) is 10.9. The van der Waals surface area contributed by atoms with Gasteiger partial charge < -0.3 is 10.3 Å². The van der Waals surface area contributed by atoms with Gasteiger partial charge in [-0.15, -0.1) is 0 Å². The number of aromatic nitrogens is 2. The van der Waals surface area contributed by atoms with E-state index < -0.39 is 0 Å². The van der Waals surface area contributed by atoms with Crippen LogP contribution in [0.3, 0.4) is 0 Å². The number of nitrogens with zero attached hydrogens (tertiary/aromatic N) is 1. The molecule has 1 aromatic carbocycles. The highest BCUT2D eigenvalue weighted by Gasteiger charge is 2.04. The van der Waals surface area contributed by atoms with Gasteiger partial charge in [0.2, 0.25) is 0 Å². The van der Waals surface area contributed by atoms with E-state index in [0.29, 0.717) is 16.7 Å². The van der Waals surface area contributed by atoms with Gasteiger partial charge in [-0.3, -0.25) is 9.36 Å². The molecule has 2 aromatic rings. The molecule has 0 unspecified atom stereocenters. The molecular weight excluding hydrogens is 234 g/mol. The number of nitrogens with one attached hydrogen (secondary N) is 2. The van der Waals surface area contributed by atoms with Crippen LogP contribution in [0.25, 0.3) is 10.9 Å². The summed E-state index contributed by atoms with van der Waals surface area (Å²) in [5.41, 5.74) is 0.785. The van der Waals surface area contributed by atoms with Crippen LogP contribution in [0.1, 0.15) is 6.42 Å². The Morgan fingerprint density at radius 3 is 2.94 bits per heavy atom. The summed E-state index contributed by atoms with van der Waals surface area (Å²) in [6.07, 6.45) is 0.881. The fourth-order valence-electron chi connectivity index (χ4n) is 1.82.